The van der Waals surface area contributed by atoms with Gasteiger partial charge in [0.2, 0.25) is 0 Å². The summed E-state index contributed by atoms with van der Waals surface area (Å²) in [7, 11) is 0. The van der Waals surface area contributed by atoms with Crippen molar-refractivity contribution < 1.29 is 4.42 Å². The summed E-state index contributed by atoms with van der Waals surface area (Å²) < 4.78 is 4.87. The molecule has 0 radical (unpaired) electrons. The topological polar surface area (TPSA) is 30.4 Å². The molecule has 0 N–H and O–H groups in total. The van der Waals surface area contributed by atoms with Crippen molar-refractivity contribution >= 4 is 21.9 Å². The minimum Gasteiger partial charge on any atom is -0.464 e. The standard InChI is InChI=1S/C5H3BrN2O/c1-7-5-8-3-4(2-6)9-5/h3H,2H2. The number of nitrogens with zero attached hydrogens (tertiary/aromatic N) is 2. The van der Waals surface area contributed by atoms with Crippen molar-refractivity contribution in [1.82, 2.24) is 4.98 Å². The van der Waals surface area contributed by atoms with Gasteiger partial charge in [-0.25, -0.2) is 0 Å². The lowest BCUT2D eigenvalue weighted by molar-refractivity contribution is 0.549. The molecule has 0 aliphatic carbocycles. The van der Waals surface area contributed by atoms with Crippen LogP contribution in [0.5, 0.6) is 0 Å². The smallest absolute Gasteiger partial charge is 0.449 e. The van der Waals surface area contributed by atoms with E-state index < -0.39 is 0 Å². The van der Waals surface area contributed by atoms with Gasteiger partial charge >= 0.3 is 6.01 Å². The van der Waals surface area contributed by atoms with Crippen LogP contribution in [0.3, 0.4) is 0 Å². The van der Waals surface area contributed by atoms with Gasteiger partial charge in [-0.3, -0.25) is 0 Å². The molecule has 9 heavy (non-hydrogen) atoms. The quantitative estimate of drug-likeness (QED) is 0.497. The molecule has 0 unspecified atom stereocenters. The van der Waals surface area contributed by atoms with Crippen molar-refractivity contribution in [2.24, 2.45) is 0 Å². The molecule has 0 saturated heterocycles. The Labute approximate surface area is 60.6 Å². The van der Waals surface area contributed by atoms with Crippen molar-refractivity contribution in [2.75, 3.05) is 0 Å². The number of oxazole rings is 1. The highest BCUT2D eigenvalue weighted by Crippen LogP contribution is 2.13. The Hall–Kier alpha value is -0.820. The van der Waals surface area contributed by atoms with E-state index in [0.29, 0.717) is 11.1 Å². The van der Waals surface area contributed by atoms with Crippen LogP contribution in [-0.2, 0) is 5.33 Å². The van der Waals surface area contributed by atoms with Gasteiger partial charge in [0.1, 0.15) is 5.76 Å². The normalized spacial score (nSPS) is 8.89. The van der Waals surface area contributed by atoms with Gasteiger partial charge < -0.3 is 9.26 Å². The van der Waals surface area contributed by atoms with Crippen LogP contribution < -0.4 is 0 Å². The van der Waals surface area contributed by atoms with Crippen LogP contribution >= 0.6 is 15.9 Å². The fraction of sp³-hybridized carbons (Fsp3) is 0.200. The average Bonchev–Trinajstić information content (AvgIpc) is 2.34. The molecule has 0 bridgehead atoms. The number of hydrogen-bond acceptors (Lipinski definition) is 2. The number of alkyl halides is 1. The van der Waals surface area contributed by atoms with Crippen molar-refractivity contribution in [2.45, 2.75) is 5.33 Å². The molecule has 0 aliphatic heterocycles. The fourth-order valence-corrected chi connectivity index (χ4v) is 0.670. The first kappa shape index (κ1) is 6.30. The van der Waals surface area contributed by atoms with Crippen LogP contribution in [0.2, 0.25) is 0 Å². The molecule has 0 spiro atoms. The molecular formula is C5H3BrN2O. The van der Waals surface area contributed by atoms with Crippen molar-refractivity contribution in [3.63, 3.8) is 0 Å². The van der Waals surface area contributed by atoms with Crippen LogP contribution in [0.1, 0.15) is 5.76 Å². The van der Waals surface area contributed by atoms with Gasteiger partial charge in [-0.2, -0.15) is 0 Å². The molecular weight excluding hydrogens is 184 g/mol. The largest absolute Gasteiger partial charge is 0.464 e. The van der Waals surface area contributed by atoms with Gasteiger partial charge in [-0.1, -0.05) is 27.5 Å². The number of hydrogen-bond donors (Lipinski definition) is 0. The van der Waals surface area contributed by atoms with E-state index in [1.807, 2.05) is 0 Å². The van der Waals surface area contributed by atoms with E-state index in [9.17, 15) is 0 Å². The highest BCUT2D eigenvalue weighted by molar-refractivity contribution is 9.08. The Bertz CT molecular complexity index is 237. The second kappa shape index (κ2) is 2.65. The van der Waals surface area contributed by atoms with E-state index >= 15 is 0 Å². The van der Waals surface area contributed by atoms with Gasteiger partial charge in [-0.15, -0.1) is 0 Å². The third-order valence-electron chi connectivity index (χ3n) is 0.769. The van der Waals surface area contributed by atoms with Gasteiger partial charge in [0.15, 0.2) is 6.20 Å². The highest BCUT2D eigenvalue weighted by atomic mass is 79.9. The summed E-state index contributed by atoms with van der Waals surface area (Å²) >= 11 is 3.16. The fourth-order valence-electron chi connectivity index (χ4n) is 0.411. The van der Waals surface area contributed by atoms with Crippen LogP contribution in [0, 0.1) is 6.57 Å². The van der Waals surface area contributed by atoms with E-state index in [-0.39, 0.29) is 6.01 Å². The molecule has 1 aromatic rings. The Morgan fingerprint density at radius 3 is 3.00 bits per heavy atom. The zero-order valence-electron chi connectivity index (χ0n) is 4.47. The summed E-state index contributed by atoms with van der Waals surface area (Å²) in [6.07, 6.45) is 1.53. The van der Waals surface area contributed by atoms with Gasteiger partial charge in [-0.05, 0) is 0 Å². The first-order valence-corrected chi connectivity index (χ1v) is 3.37. The number of rotatable bonds is 1. The Kier molecular flexibility index (Phi) is 1.85. The van der Waals surface area contributed by atoms with E-state index in [1.54, 1.807) is 0 Å². The van der Waals surface area contributed by atoms with Crippen LogP contribution in [0.25, 0.3) is 4.85 Å². The van der Waals surface area contributed by atoms with Crippen LogP contribution in [-0.4, -0.2) is 4.98 Å². The first-order chi connectivity index (χ1) is 4.36. The minimum atomic E-state index is 0.101. The third kappa shape index (κ3) is 1.30. The van der Waals surface area contributed by atoms with Crippen LogP contribution in [0.15, 0.2) is 10.6 Å². The molecule has 0 aromatic carbocycles. The molecule has 0 amide bonds. The first-order valence-electron chi connectivity index (χ1n) is 2.25. The molecule has 1 rings (SSSR count). The van der Waals surface area contributed by atoms with Crippen LogP contribution in [0.4, 0.5) is 6.01 Å². The zero-order valence-corrected chi connectivity index (χ0v) is 6.05. The molecule has 0 fully saturated rings. The molecule has 46 valence electrons. The lowest BCUT2D eigenvalue weighted by Gasteiger charge is -1.78. The van der Waals surface area contributed by atoms with Gasteiger partial charge in [0, 0.05) is 0 Å². The molecule has 3 nitrogen and oxygen atoms in total. The monoisotopic (exact) mass is 186 g/mol. The highest BCUT2D eigenvalue weighted by Gasteiger charge is 2.00. The number of halogens is 1. The Morgan fingerprint density at radius 1 is 1.89 bits per heavy atom. The minimum absolute atomic E-state index is 0.101. The van der Waals surface area contributed by atoms with E-state index in [4.69, 9.17) is 11.0 Å². The second-order valence-electron chi connectivity index (χ2n) is 1.35. The van der Waals surface area contributed by atoms with E-state index in [2.05, 4.69) is 25.8 Å². The predicted molar refractivity (Wildman–Crippen MR) is 35.4 cm³/mol. The van der Waals surface area contributed by atoms with Gasteiger partial charge in [0.25, 0.3) is 0 Å². The maximum absolute atomic E-state index is 6.49. The van der Waals surface area contributed by atoms with E-state index in [1.165, 1.54) is 6.20 Å². The zero-order chi connectivity index (χ0) is 6.69. The molecule has 0 saturated carbocycles. The lowest BCUT2D eigenvalue weighted by atomic mass is 10.6. The number of aromatic nitrogens is 1. The third-order valence-corrected chi connectivity index (χ3v) is 1.32. The molecule has 1 aromatic heterocycles. The van der Waals surface area contributed by atoms with Crippen molar-refractivity contribution in [3.8, 4) is 0 Å². The molecule has 0 atom stereocenters. The summed E-state index contributed by atoms with van der Waals surface area (Å²) in [5.74, 6) is 0.681. The maximum atomic E-state index is 6.49. The van der Waals surface area contributed by atoms with E-state index in [0.717, 1.165) is 0 Å². The summed E-state index contributed by atoms with van der Waals surface area (Å²) in [5, 5.41) is 0.607. The summed E-state index contributed by atoms with van der Waals surface area (Å²) in [4.78, 5) is 6.65. The predicted octanol–water partition coefficient (Wildman–Crippen LogP) is 2.12. The molecule has 1 heterocycles. The Morgan fingerprint density at radius 2 is 2.67 bits per heavy atom. The molecule has 0 aliphatic rings. The second-order valence-corrected chi connectivity index (χ2v) is 1.92. The van der Waals surface area contributed by atoms with Crippen molar-refractivity contribution in [3.05, 3.63) is 23.4 Å². The summed E-state index contributed by atoms with van der Waals surface area (Å²) in [6, 6.07) is 0.101. The average molecular weight is 187 g/mol. The van der Waals surface area contributed by atoms with Crippen molar-refractivity contribution in [1.29, 1.82) is 0 Å². The molecule has 4 heteroatoms. The summed E-state index contributed by atoms with van der Waals surface area (Å²) in [6.45, 7) is 6.49. The van der Waals surface area contributed by atoms with Gasteiger partial charge in [0.05, 0.1) is 5.33 Å². The SMILES string of the molecule is [C-]#[N+]c1ncc(CBr)o1. The Balaban J connectivity index is 2.90. The summed E-state index contributed by atoms with van der Waals surface area (Å²) in [5.41, 5.74) is 0. The lowest BCUT2D eigenvalue weighted by Crippen LogP contribution is -1.62. The maximum Gasteiger partial charge on any atom is 0.449 e.